The summed E-state index contributed by atoms with van der Waals surface area (Å²) < 4.78 is 0. The lowest BCUT2D eigenvalue weighted by atomic mass is 9.99. The van der Waals surface area contributed by atoms with Crippen molar-refractivity contribution >= 4 is 22.7 Å². The van der Waals surface area contributed by atoms with Crippen molar-refractivity contribution in [2.75, 3.05) is 5.32 Å². The molecule has 0 amide bonds. The molecule has 0 aliphatic rings. The van der Waals surface area contributed by atoms with Crippen molar-refractivity contribution in [3.05, 3.63) is 54.6 Å². The number of aliphatic carboxylic acids is 1. The number of fused-ring (bicyclic) bond motifs is 1. The van der Waals surface area contributed by atoms with Gasteiger partial charge in [-0.1, -0.05) is 62.7 Å². The number of carboxylic acids is 1. The molecule has 128 valence electrons. The van der Waals surface area contributed by atoms with Gasteiger partial charge in [0.15, 0.2) is 5.82 Å². The van der Waals surface area contributed by atoms with Crippen LogP contribution in [0.25, 0.3) is 22.3 Å². The Labute approximate surface area is 146 Å². The van der Waals surface area contributed by atoms with Gasteiger partial charge in [0.05, 0.1) is 5.52 Å². The average Bonchev–Trinajstić information content (AvgIpc) is 2.65. The van der Waals surface area contributed by atoms with Crippen LogP contribution in [-0.4, -0.2) is 27.1 Å². The number of para-hydroxylation sites is 1. The van der Waals surface area contributed by atoms with E-state index in [0.717, 1.165) is 22.9 Å². The summed E-state index contributed by atoms with van der Waals surface area (Å²) in [6.07, 6.45) is 0.762. The van der Waals surface area contributed by atoms with E-state index in [9.17, 15) is 9.90 Å². The number of carbonyl (C=O) groups is 1. The van der Waals surface area contributed by atoms with Gasteiger partial charge in [0, 0.05) is 10.9 Å². The topological polar surface area (TPSA) is 75.1 Å². The molecular weight excluding hydrogens is 314 g/mol. The van der Waals surface area contributed by atoms with Gasteiger partial charge in [0.25, 0.3) is 0 Å². The van der Waals surface area contributed by atoms with Crippen LogP contribution >= 0.6 is 0 Å². The predicted molar refractivity (Wildman–Crippen MR) is 99.5 cm³/mol. The summed E-state index contributed by atoms with van der Waals surface area (Å²) in [5.41, 5.74) is 1.68. The molecule has 25 heavy (non-hydrogen) atoms. The molecule has 5 nitrogen and oxygen atoms in total. The highest BCUT2D eigenvalue weighted by molar-refractivity contribution is 5.92. The van der Waals surface area contributed by atoms with E-state index in [1.165, 1.54) is 0 Å². The highest BCUT2D eigenvalue weighted by Gasteiger charge is 2.24. The summed E-state index contributed by atoms with van der Waals surface area (Å²) in [6.45, 7) is 3.91. The number of anilines is 1. The second-order valence-electron chi connectivity index (χ2n) is 6.12. The van der Waals surface area contributed by atoms with Gasteiger partial charge >= 0.3 is 5.97 Å². The van der Waals surface area contributed by atoms with Crippen molar-refractivity contribution in [1.29, 1.82) is 0 Å². The standard InChI is InChI=1S/C20H21N3O2/c1-3-13(2)17(20(24)25)22-19-15-11-7-8-12-16(15)21-18(23-19)14-9-5-4-6-10-14/h4-13,17H,3H2,1-2H3,(H,24,25)(H,21,22,23)/t13-,17-/m0/s1. The van der Waals surface area contributed by atoms with Crippen LogP contribution < -0.4 is 5.32 Å². The molecule has 0 saturated heterocycles. The number of hydrogen-bond donors (Lipinski definition) is 2. The minimum absolute atomic E-state index is 0.0218. The van der Waals surface area contributed by atoms with Crippen LogP contribution in [0.5, 0.6) is 0 Å². The van der Waals surface area contributed by atoms with Crippen molar-refractivity contribution in [1.82, 2.24) is 9.97 Å². The van der Waals surface area contributed by atoms with Crippen molar-refractivity contribution in [3.8, 4) is 11.4 Å². The predicted octanol–water partition coefficient (Wildman–Crippen LogP) is 4.21. The minimum Gasteiger partial charge on any atom is -0.480 e. The first-order valence-corrected chi connectivity index (χ1v) is 8.41. The zero-order chi connectivity index (χ0) is 17.8. The molecule has 5 heteroatoms. The van der Waals surface area contributed by atoms with Gasteiger partial charge in [0.1, 0.15) is 11.9 Å². The molecule has 3 rings (SSSR count). The van der Waals surface area contributed by atoms with E-state index in [-0.39, 0.29) is 5.92 Å². The third-order valence-electron chi connectivity index (χ3n) is 4.41. The maximum absolute atomic E-state index is 11.7. The normalized spacial score (nSPS) is 13.4. The molecular formula is C20H21N3O2. The van der Waals surface area contributed by atoms with E-state index in [0.29, 0.717) is 11.6 Å². The SMILES string of the molecule is CC[C@H](C)[C@H](Nc1nc(-c2ccccc2)nc2ccccc12)C(=O)O. The lowest BCUT2D eigenvalue weighted by Gasteiger charge is -2.21. The second kappa shape index (κ2) is 7.30. The number of rotatable bonds is 6. The molecule has 0 bridgehead atoms. The molecule has 0 aliphatic carbocycles. The second-order valence-corrected chi connectivity index (χ2v) is 6.12. The van der Waals surface area contributed by atoms with Crippen molar-refractivity contribution in [2.24, 2.45) is 5.92 Å². The molecule has 0 saturated carbocycles. The Balaban J connectivity index is 2.11. The highest BCUT2D eigenvalue weighted by atomic mass is 16.4. The van der Waals surface area contributed by atoms with Crippen LogP contribution in [0.15, 0.2) is 54.6 Å². The van der Waals surface area contributed by atoms with Crippen LogP contribution in [0.4, 0.5) is 5.82 Å². The maximum atomic E-state index is 11.7. The number of nitrogens with zero attached hydrogens (tertiary/aromatic N) is 2. The number of nitrogens with one attached hydrogen (secondary N) is 1. The summed E-state index contributed by atoms with van der Waals surface area (Å²) >= 11 is 0. The smallest absolute Gasteiger partial charge is 0.326 e. The summed E-state index contributed by atoms with van der Waals surface area (Å²) in [5, 5.41) is 13.5. The molecule has 2 aromatic carbocycles. The quantitative estimate of drug-likeness (QED) is 0.706. The van der Waals surface area contributed by atoms with E-state index < -0.39 is 12.0 Å². The fourth-order valence-corrected chi connectivity index (χ4v) is 2.73. The summed E-state index contributed by atoms with van der Waals surface area (Å²) in [7, 11) is 0. The third-order valence-corrected chi connectivity index (χ3v) is 4.41. The van der Waals surface area contributed by atoms with Crippen molar-refractivity contribution in [3.63, 3.8) is 0 Å². The lowest BCUT2D eigenvalue weighted by molar-refractivity contribution is -0.139. The zero-order valence-corrected chi connectivity index (χ0v) is 14.3. The van der Waals surface area contributed by atoms with Gasteiger partial charge in [-0.25, -0.2) is 14.8 Å². The molecule has 0 spiro atoms. The number of carboxylic acid groups (broad SMARTS) is 1. The van der Waals surface area contributed by atoms with Crippen LogP contribution in [0.1, 0.15) is 20.3 Å². The van der Waals surface area contributed by atoms with E-state index in [2.05, 4.69) is 15.3 Å². The van der Waals surface area contributed by atoms with Gasteiger partial charge in [-0.05, 0) is 18.1 Å². The average molecular weight is 335 g/mol. The van der Waals surface area contributed by atoms with E-state index >= 15 is 0 Å². The van der Waals surface area contributed by atoms with Gasteiger partial charge in [0.2, 0.25) is 0 Å². The fraction of sp³-hybridized carbons (Fsp3) is 0.250. The first kappa shape index (κ1) is 16.9. The maximum Gasteiger partial charge on any atom is 0.326 e. The molecule has 2 N–H and O–H groups in total. The highest BCUT2D eigenvalue weighted by Crippen LogP contribution is 2.26. The van der Waals surface area contributed by atoms with Crippen molar-refractivity contribution < 1.29 is 9.90 Å². The summed E-state index contributed by atoms with van der Waals surface area (Å²) in [4.78, 5) is 20.9. The van der Waals surface area contributed by atoms with Gasteiger partial charge in [-0.3, -0.25) is 0 Å². The largest absolute Gasteiger partial charge is 0.480 e. The molecule has 1 aromatic heterocycles. The Hall–Kier alpha value is -2.95. The Morgan fingerprint density at radius 3 is 2.44 bits per heavy atom. The van der Waals surface area contributed by atoms with Gasteiger partial charge < -0.3 is 10.4 Å². The molecule has 0 unspecified atom stereocenters. The van der Waals surface area contributed by atoms with Crippen molar-refractivity contribution in [2.45, 2.75) is 26.3 Å². The van der Waals surface area contributed by atoms with Crippen LogP contribution in [0.2, 0.25) is 0 Å². The number of hydrogen-bond acceptors (Lipinski definition) is 4. The van der Waals surface area contributed by atoms with E-state index in [1.54, 1.807) is 0 Å². The molecule has 0 fully saturated rings. The van der Waals surface area contributed by atoms with Gasteiger partial charge in [-0.2, -0.15) is 0 Å². The molecule has 0 radical (unpaired) electrons. The number of aromatic nitrogens is 2. The molecule has 1 heterocycles. The zero-order valence-electron chi connectivity index (χ0n) is 14.3. The molecule has 3 aromatic rings. The van der Waals surface area contributed by atoms with Crippen LogP contribution in [0, 0.1) is 5.92 Å². The Morgan fingerprint density at radius 1 is 1.08 bits per heavy atom. The summed E-state index contributed by atoms with van der Waals surface area (Å²) in [5.74, 6) is 0.233. The molecule has 2 atom stereocenters. The minimum atomic E-state index is -0.877. The first-order valence-electron chi connectivity index (χ1n) is 8.41. The Morgan fingerprint density at radius 2 is 1.76 bits per heavy atom. The lowest BCUT2D eigenvalue weighted by Crippen LogP contribution is -2.35. The molecule has 0 aliphatic heterocycles. The Bertz CT molecular complexity index is 881. The monoisotopic (exact) mass is 335 g/mol. The van der Waals surface area contributed by atoms with Crippen LogP contribution in [-0.2, 0) is 4.79 Å². The fourth-order valence-electron chi connectivity index (χ4n) is 2.73. The Kier molecular flexibility index (Phi) is 4.93. The van der Waals surface area contributed by atoms with E-state index in [4.69, 9.17) is 0 Å². The third kappa shape index (κ3) is 3.60. The van der Waals surface area contributed by atoms with Crippen LogP contribution in [0.3, 0.4) is 0 Å². The first-order chi connectivity index (χ1) is 12.1. The van der Waals surface area contributed by atoms with E-state index in [1.807, 2.05) is 68.4 Å². The van der Waals surface area contributed by atoms with Gasteiger partial charge in [-0.15, -0.1) is 0 Å². The number of benzene rings is 2. The summed E-state index contributed by atoms with van der Waals surface area (Å²) in [6, 6.07) is 16.6.